The summed E-state index contributed by atoms with van der Waals surface area (Å²) in [6.07, 6.45) is -0.323. The van der Waals surface area contributed by atoms with Gasteiger partial charge in [0.15, 0.2) is 5.75 Å². The fourth-order valence-corrected chi connectivity index (χ4v) is 5.34. The van der Waals surface area contributed by atoms with Crippen LogP contribution >= 0.6 is 0 Å². The van der Waals surface area contributed by atoms with Gasteiger partial charge in [-0.15, -0.1) is 0 Å². The van der Waals surface area contributed by atoms with Gasteiger partial charge in [0, 0.05) is 31.2 Å². The van der Waals surface area contributed by atoms with Crippen LogP contribution in [0, 0.1) is 5.92 Å². The van der Waals surface area contributed by atoms with Gasteiger partial charge in [0.2, 0.25) is 0 Å². The van der Waals surface area contributed by atoms with Crippen molar-refractivity contribution in [1.82, 2.24) is 9.80 Å². The van der Waals surface area contributed by atoms with E-state index in [4.69, 9.17) is 9.47 Å². The molecule has 3 atom stereocenters. The lowest BCUT2D eigenvalue weighted by atomic mass is 9.99. The molecule has 234 valence electrons. The number of nitrogens with one attached hydrogen (secondary N) is 2. The third kappa shape index (κ3) is 8.20. The van der Waals surface area contributed by atoms with Crippen molar-refractivity contribution < 1.29 is 24.2 Å². The number of carbonyl (C=O) groups is 2. The molecule has 5 rings (SSSR count). The fourth-order valence-electron chi connectivity index (χ4n) is 5.34. The van der Waals surface area contributed by atoms with Crippen LogP contribution in [0.3, 0.4) is 0 Å². The van der Waals surface area contributed by atoms with Crippen molar-refractivity contribution in [2.45, 2.75) is 32.5 Å². The van der Waals surface area contributed by atoms with Gasteiger partial charge < -0.3 is 30.1 Å². The number of hydrogen-bond acceptors (Lipinski definition) is 6. The van der Waals surface area contributed by atoms with Crippen LogP contribution in [0.2, 0.25) is 0 Å². The number of aliphatic hydroxyl groups is 1. The summed E-state index contributed by atoms with van der Waals surface area (Å²) in [4.78, 5) is 30.6. The van der Waals surface area contributed by atoms with Crippen molar-refractivity contribution in [3.63, 3.8) is 0 Å². The van der Waals surface area contributed by atoms with E-state index in [0.29, 0.717) is 42.3 Å². The zero-order valence-corrected chi connectivity index (χ0v) is 25.9. The minimum absolute atomic E-state index is 0.0774. The lowest BCUT2D eigenvalue weighted by Crippen LogP contribution is -2.49. The Morgan fingerprint density at radius 1 is 0.956 bits per heavy atom. The molecule has 0 aliphatic carbocycles. The Kier molecular flexibility index (Phi) is 10.3. The number of rotatable bonds is 10. The molecule has 1 aliphatic rings. The monoisotopic (exact) mass is 608 g/mol. The summed E-state index contributed by atoms with van der Waals surface area (Å²) >= 11 is 0. The highest BCUT2D eigenvalue weighted by atomic mass is 16.5. The van der Waals surface area contributed by atoms with Crippen LogP contribution < -0.4 is 20.1 Å². The molecule has 0 spiro atoms. The Balaban J connectivity index is 1.34. The van der Waals surface area contributed by atoms with Crippen LogP contribution in [0.1, 0.15) is 29.8 Å². The van der Waals surface area contributed by atoms with Crippen molar-refractivity contribution in [2.75, 3.05) is 37.4 Å². The number of fused-ring (bicyclic) bond motifs is 1. The zero-order chi connectivity index (χ0) is 31.8. The molecule has 0 radical (unpaired) electrons. The van der Waals surface area contributed by atoms with Gasteiger partial charge in [-0.1, -0.05) is 61.5 Å². The molecule has 1 heterocycles. The van der Waals surface area contributed by atoms with E-state index in [0.717, 1.165) is 17.1 Å². The molecular formula is C36H40N4O5. The first kappa shape index (κ1) is 31.6. The van der Waals surface area contributed by atoms with Crippen molar-refractivity contribution in [3.8, 4) is 17.2 Å². The summed E-state index contributed by atoms with van der Waals surface area (Å²) in [5.41, 5.74) is 2.48. The van der Waals surface area contributed by atoms with Crippen molar-refractivity contribution in [3.05, 3.63) is 114 Å². The number of carbonyl (C=O) groups excluding carboxylic acids is 2. The van der Waals surface area contributed by atoms with Gasteiger partial charge in [0.25, 0.3) is 5.91 Å². The number of likely N-dealkylation sites (N-methyl/N-ethyl adjacent to an activating group) is 1. The van der Waals surface area contributed by atoms with E-state index in [1.807, 2.05) is 93.7 Å². The predicted molar refractivity (Wildman–Crippen MR) is 176 cm³/mol. The van der Waals surface area contributed by atoms with E-state index < -0.39 is 6.03 Å². The Morgan fingerprint density at radius 2 is 1.62 bits per heavy atom. The average molecular weight is 609 g/mol. The molecule has 3 amide bonds. The molecule has 45 heavy (non-hydrogen) atoms. The third-order valence-corrected chi connectivity index (χ3v) is 7.82. The number of hydrogen-bond donors (Lipinski definition) is 3. The number of nitrogens with zero attached hydrogens (tertiary/aromatic N) is 2. The number of para-hydroxylation sites is 3. The Bertz CT molecular complexity index is 1570. The Hall–Kier alpha value is -4.86. The SMILES string of the molecule is C[C@@H]1CN([C@@H](C)CO)C(=O)c2cccc(NC(=O)Nc3ccccc3)c2O[C@@H]1CN(C)Cc1ccc(Oc2ccccc2)cc1. The molecule has 1 aliphatic heterocycles. The molecule has 9 heteroatoms. The maximum atomic E-state index is 13.8. The first-order chi connectivity index (χ1) is 21.8. The van der Waals surface area contributed by atoms with Gasteiger partial charge in [-0.05, 0) is 68.1 Å². The molecular weight excluding hydrogens is 568 g/mol. The second-order valence-electron chi connectivity index (χ2n) is 11.5. The van der Waals surface area contributed by atoms with Crippen molar-refractivity contribution >= 4 is 23.3 Å². The molecule has 0 bridgehead atoms. The average Bonchev–Trinajstić information content (AvgIpc) is 3.04. The van der Waals surface area contributed by atoms with Crippen molar-refractivity contribution in [2.24, 2.45) is 5.92 Å². The summed E-state index contributed by atoms with van der Waals surface area (Å²) in [5, 5.41) is 15.7. The number of aliphatic hydroxyl groups excluding tert-OH is 1. The topological polar surface area (TPSA) is 103 Å². The van der Waals surface area contributed by atoms with Gasteiger partial charge in [-0.2, -0.15) is 0 Å². The molecule has 0 saturated carbocycles. The Morgan fingerprint density at radius 3 is 2.31 bits per heavy atom. The standard InChI is InChI=1S/C36H40N4O5/c1-25-21-40(26(2)24-41)35(42)31-15-10-16-32(38-36(43)37-28-11-6-4-7-12-28)34(31)45-33(25)23-39(3)22-27-17-19-30(20-18-27)44-29-13-8-5-9-14-29/h4-20,25-26,33,41H,21-24H2,1-3H3,(H2,37,38,43)/t25-,26+,33-/m1/s1. The molecule has 0 aromatic heterocycles. The maximum Gasteiger partial charge on any atom is 0.323 e. The molecule has 0 saturated heterocycles. The van der Waals surface area contributed by atoms with Gasteiger partial charge in [0.1, 0.15) is 17.6 Å². The second kappa shape index (κ2) is 14.7. The first-order valence-corrected chi connectivity index (χ1v) is 15.2. The second-order valence-corrected chi connectivity index (χ2v) is 11.5. The number of urea groups is 1. The number of amides is 3. The minimum atomic E-state index is -0.449. The fraction of sp³-hybridized carbons (Fsp3) is 0.278. The van der Waals surface area contributed by atoms with Gasteiger partial charge in [-0.3, -0.25) is 9.69 Å². The smallest absolute Gasteiger partial charge is 0.323 e. The van der Waals surface area contributed by atoms with Crippen LogP contribution in [-0.4, -0.2) is 65.7 Å². The minimum Gasteiger partial charge on any atom is -0.486 e. The first-order valence-electron chi connectivity index (χ1n) is 15.2. The van der Waals surface area contributed by atoms with Crippen LogP contribution in [-0.2, 0) is 6.54 Å². The maximum absolute atomic E-state index is 13.8. The quantitative estimate of drug-likeness (QED) is 0.191. The molecule has 3 N–H and O–H groups in total. The summed E-state index contributed by atoms with van der Waals surface area (Å²) in [6, 6.07) is 31.1. The number of ether oxygens (including phenoxy) is 2. The van der Waals surface area contributed by atoms with Gasteiger partial charge >= 0.3 is 6.03 Å². The largest absolute Gasteiger partial charge is 0.486 e. The summed E-state index contributed by atoms with van der Waals surface area (Å²) in [5.74, 6) is 1.53. The van der Waals surface area contributed by atoms with Gasteiger partial charge in [0.05, 0.1) is 23.9 Å². The third-order valence-electron chi connectivity index (χ3n) is 7.82. The molecule has 0 unspecified atom stereocenters. The summed E-state index contributed by atoms with van der Waals surface area (Å²) < 4.78 is 12.6. The highest BCUT2D eigenvalue weighted by Gasteiger charge is 2.34. The van der Waals surface area contributed by atoms with Crippen molar-refractivity contribution in [1.29, 1.82) is 0 Å². The van der Waals surface area contributed by atoms with E-state index >= 15 is 0 Å². The van der Waals surface area contributed by atoms with E-state index in [1.165, 1.54) is 0 Å². The molecule has 4 aromatic carbocycles. The zero-order valence-electron chi connectivity index (χ0n) is 25.9. The van der Waals surface area contributed by atoms with E-state index in [2.05, 4.69) is 15.5 Å². The normalized spacial score (nSPS) is 17.0. The van der Waals surface area contributed by atoms with Crippen LogP contribution in [0.5, 0.6) is 17.2 Å². The lowest BCUT2D eigenvalue weighted by Gasteiger charge is -2.38. The number of benzene rings is 4. The molecule has 0 fully saturated rings. The number of anilines is 2. The summed E-state index contributed by atoms with van der Waals surface area (Å²) in [6.45, 7) is 5.34. The van der Waals surface area contributed by atoms with Crippen LogP contribution in [0.4, 0.5) is 16.2 Å². The highest BCUT2D eigenvalue weighted by molar-refractivity contribution is 6.04. The van der Waals surface area contributed by atoms with Gasteiger partial charge in [-0.25, -0.2) is 4.79 Å². The van der Waals surface area contributed by atoms with Crippen LogP contribution in [0.15, 0.2) is 103 Å². The highest BCUT2D eigenvalue weighted by Crippen LogP contribution is 2.35. The molecule has 9 nitrogen and oxygen atoms in total. The van der Waals surface area contributed by atoms with E-state index in [-0.39, 0.29) is 30.6 Å². The summed E-state index contributed by atoms with van der Waals surface area (Å²) in [7, 11) is 2.03. The molecule has 4 aromatic rings. The Labute approximate surface area is 264 Å². The van der Waals surface area contributed by atoms with Crippen LogP contribution in [0.25, 0.3) is 0 Å². The predicted octanol–water partition coefficient (Wildman–Crippen LogP) is 6.48. The van der Waals surface area contributed by atoms with E-state index in [9.17, 15) is 14.7 Å². The lowest BCUT2D eigenvalue weighted by molar-refractivity contribution is 0.0343. The van der Waals surface area contributed by atoms with E-state index in [1.54, 1.807) is 35.2 Å².